The molecule has 0 bridgehead atoms. The van der Waals surface area contributed by atoms with Gasteiger partial charge in [-0.2, -0.15) is 0 Å². The molecule has 0 spiro atoms. The minimum atomic E-state index is -1.17. The van der Waals surface area contributed by atoms with E-state index < -0.39 is 17.9 Å². The molecule has 0 aliphatic heterocycles. The number of anilines is 2. The van der Waals surface area contributed by atoms with Crippen molar-refractivity contribution in [1.82, 2.24) is 15.3 Å². The van der Waals surface area contributed by atoms with E-state index in [1.165, 1.54) is 12.1 Å². The molecule has 1 aromatic heterocycles. The van der Waals surface area contributed by atoms with Crippen LogP contribution in [0.25, 0.3) is 6.08 Å². The van der Waals surface area contributed by atoms with Gasteiger partial charge in [0.1, 0.15) is 6.04 Å². The van der Waals surface area contributed by atoms with Crippen molar-refractivity contribution >= 4 is 52.8 Å². The Balaban J connectivity index is 0.00000342. The summed E-state index contributed by atoms with van der Waals surface area (Å²) in [6, 6.07) is 12.9. The molecule has 0 aliphatic carbocycles. The first-order valence-corrected chi connectivity index (χ1v) is 11.4. The van der Waals surface area contributed by atoms with E-state index in [0.717, 1.165) is 11.3 Å². The van der Waals surface area contributed by atoms with E-state index >= 15 is 0 Å². The minimum absolute atomic E-state index is 0. The number of rotatable bonds is 11. The van der Waals surface area contributed by atoms with Crippen LogP contribution in [0.4, 0.5) is 11.6 Å². The Morgan fingerprint density at radius 3 is 2.33 bits per heavy atom. The molecule has 0 aliphatic rings. The van der Waals surface area contributed by atoms with Gasteiger partial charge in [-0.3, -0.25) is 4.79 Å². The number of halogens is 2. The molecule has 8 nitrogen and oxygen atoms in total. The zero-order valence-corrected chi connectivity index (χ0v) is 23.4. The Kier molecular flexibility index (Phi) is 12.4. The third-order valence-electron chi connectivity index (χ3n) is 4.99. The zero-order chi connectivity index (χ0) is 25.2. The smallest absolute Gasteiger partial charge is 1.00 e. The number of carbonyl (C=O) groups is 2. The second kappa shape index (κ2) is 14.9. The first-order chi connectivity index (χ1) is 16.9. The first-order valence-electron chi connectivity index (χ1n) is 10.7. The molecule has 184 valence electrons. The Labute approximate surface area is 243 Å². The monoisotopic (exact) mass is 538 g/mol. The third kappa shape index (κ3) is 8.30. The van der Waals surface area contributed by atoms with Crippen LogP contribution < -0.4 is 39.8 Å². The van der Waals surface area contributed by atoms with Crippen LogP contribution >= 0.6 is 23.2 Å². The van der Waals surface area contributed by atoms with Gasteiger partial charge in [0.2, 0.25) is 5.95 Å². The molecule has 0 saturated heterocycles. The van der Waals surface area contributed by atoms with Gasteiger partial charge in [-0.15, -0.1) is 0 Å². The number of amides is 1. The maximum atomic E-state index is 12.5. The van der Waals surface area contributed by atoms with Gasteiger partial charge in [0, 0.05) is 31.7 Å². The van der Waals surface area contributed by atoms with E-state index in [-0.39, 0.29) is 53.0 Å². The SMILES string of the molecule is COCCN(c1ccc(/C=C/CC(NC(=O)c2c(Cl)cccc2Cl)C(=O)O)cc1)c1ncccn1.[H-].[Na+]. The summed E-state index contributed by atoms with van der Waals surface area (Å²) >= 11 is 12.1. The second-order valence-electron chi connectivity index (χ2n) is 7.38. The quantitative estimate of drug-likeness (QED) is 0.359. The maximum absolute atomic E-state index is 12.5. The van der Waals surface area contributed by atoms with Crippen LogP contribution in [0.2, 0.25) is 10.0 Å². The van der Waals surface area contributed by atoms with Gasteiger partial charge in [0.15, 0.2) is 0 Å². The Morgan fingerprint density at radius 2 is 1.75 bits per heavy atom. The van der Waals surface area contributed by atoms with Gasteiger partial charge in [0.05, 0.1) is 22.2 Å². The molecule has 2 aromatic carbocycles. The number of carbonyl (C=O) groups excluding carboxylic acids is 1. The number of benzene rings is 2. The van der Waals surface area contributed by atoms with Crippen molar-refractivity contribution in [2.45, 2.75) is 12.5 Å². The number of carboxylic acids is 1. The molecule has 36 heavy (non-hydrogen) atoms. The summed E-state index contributed by atoms with van der Waals surface area (Å²) in [5.74, 6) is -1.25. The van der Waals surface area contributed by atoms with E-state index in [2.05, 4.69) is 15.3 Å². The van der Waals surface area contributed by atoms with Crippen molar-refractivity contribution in [2.75, 3.05) is 25.2 Å². The Bertz CT molecular complexity index is 1170. The van der Waals surface area contributed by atoms with Gasteiger partial charge >= 0.3 is 35.5 Å². The second-order valence-corrected chi connectivity index (χ2v) is 8.20. The number of hydrogen-bond acceptors (Lipinski definition) is 6. The average molecular weight is 539 g/mol. The van der Waals surface area contributed by atoms with E-state index in [1.807, 2.05) is 29.2 Å². The number of aliphatic carboxylic acids is 1. The van der Waals surface area contributed by atoms with E-state index in [9.17, 15) is 14.7 Å². The fraction of sp³-hybridized carbons (Fsp3) is 0.200. The summed E-state index contributed by atoms with van der Waals surface area (Å²) in [6.07, 6.45) is 6.90. The van der Waals surface area contributed by atoms with Crippen LogP contribution in [0, 0.1) is 0 Å². The van der Waals surface area contributed by atoms with Crippen molar-refractivity contribution in [3.8, 4) is 0 Å². The van der Waals surface area contributed by atoms with Crippen LogP contribution in [0.3, 0.4) is 0 Å². The van der Waals surface area contributed by atoms with E-state index in [0.29, 0.717) is 19.1 Å². The normalized spacial score (nSPS) is 11.5. The first kappa shape index (κ1) is 29.8. The molecule has 3 aromatic rings. The van der Waals surface area contributed by atoms with Crippen molar-refractivity contribution in [3.63, 3.8) is 0 Å². The summed E-state index contributed by atoms with van der Waals surface area (Å²) in [5.41, 5.74) is 1.79. The third-order valence-corrected chi connectivity index (χ3v) is 5.62. The molecule has 1 atom stereocenters. The summed E-state index contributed by atoms with van der Waals surface area (Å²) in [7, 11) is 1.63. The number of aromatic nitrogens is 2. The molecule has 11 heteroatoms. The number of nitrogens with one attached hydrogen (secondary N) is 1. The van der Waals surface area contributed by atoms with Crippen molar-refractivity contribution in [3.05, 3.63) is 88.2 Å². The van der Waals surface area contributed by atoms with Gasteiger partial charge in [-0.1, -0.05) is 53.6 Å². The van der Waals surface area contributed by atoms with Gasteiger partial charge in [0.25, 0.3) is 5.91 Å². The minimum Gasteiger partial charge on any atom is -1.00 e. The van der Waals surface area contributed by atoms with Crippen molar-refractivity contribution in [2.24, 2.45) is 0 Å². The summed E-state index contributed by atoms with van der Waals surface area (Å²) in [5, 5.41) is 12.3. The predicted octanol–water partition coefficient (Wildman–Crippen LogP) is 1.97. The van der Waals surface area contributed by atoms with Crippen molar-refractivity contribution in [1.29, 1.82) is 0 Å². The molecular formula is C25H25Cl2N4NaO4. The summed E-state index contributed by atoms with van der Waals surface area (Å²) < 4.78 is 5.20. The predicted molar refractivity (Wildman–Crippen MR) is 137 cm³/mol. The molecule has 2 N–H and O–H groups in total. The fourth-order valence-electron chi connectivity index (χ4n) is 3.23. The van der Waals surface area contributed by atoms with Gasteiger partial charge in [-0.25, -0.2) is 14.8 Å². The molecule has 0 fully saturated rings. The molecule has 0 saturated carbocycles. The molecule has 1 heterocycles. The van der Waals surface area contributed by atoms with Gasteiger partial charge in [-0.05, 0) is 42.3 Å². The number of hydrogen-bond donors (Lipinski definition) is 2. The maximum Gasteiger partial charge on any atom is 1.00 e. The average Bonchev–Trinajstić information content (AvgIpc) is 2.85. The number of nitrogens with zero attached hydrogens (tertiary/aromatic N) is 3. The summed E-state index contributed by atoms with van der Waals surface area (Å²) in [4.78, 5) is 34.8. The van der Waals surface area contributed by atoms with Crippen LogP contribution in [-0.2, 0) is 9.53 Å². The Hall–Kier alpha value is -2.46. The standard InChI is InChI=1S/C25H24Cl2N4O4.Na.H/c1-35-16-15-31(25-28-13-4-14-29-25)18-11-9-17(10-12-18)5-2-8-21(24(33)34)30-23(32)22-19(26)6-3-7-20(22)27;;/h2-7,9-14,21H,8,15-16H2,1H3,(H,30,32)(H,33,34);;/q;+1;-1/b5-2+;;. The number of methoxy groups -OCH3 is 1. The van der Waals surface area contributed by atoms with Gasteiger partial charge < -0.3 is 21.5 Å². The van der Waals surface area contributed by atoms with Crippen molar-refractivity contribution < 1.29 is 50.4 Å². The number of ether oxygens (including phenoxy) is 1. The van der Waals surface area contributed by atoms with Crippen LogP contribution in [0.5, 0.6) is 0 Å². The number of carboxylic acid groups (broad SMARTS) is 1. The molecule has 0 radical (unpaired) electrons. The summed E-state index contributed by atoms with van der Waals surface area (Å²) in [6.45, 7) is 1.08. The van der Waals surface area contributed by atoms with Crippen LogP contribution in [0.15, 0.2) is 67.0 Å². The zero-order valence-electron chi connectivity index (χ0n) is 20.9. The van der Waals surface area contributed by atoms with E-state index in [1.54, 1.807) is 43.8 Å². The molecule has 3 rings (SSSR count). The molecular weight excluding hydrogens is 514 g/mol. The Morgan fingerprint density at radius 1 is 1.11 bits per heavy atom. The van der Waals surface area contributed by atoms with Crippen LogP contribution in [0.1, 0.15) is 23.8 Å². The molecule has 1 unspecified atom stereocenters. The fourth-order valence-corrected chi connectivity index (χ4v) is 3.80. The van der Waals surface area contributed by atoms with Crippen LogP contribution in [-0.4, -0.2) is 53.3 Å². The molecule has 1 amide bonds. The largest absolute Gasteiger partial charge is 1.00 e. The topological polar surface area (TPSA) is 105 Å². The van der Waals surface area contributed by atoms with E-state index in [4.69, 9.17) is 27.9 Å².